The molecule has 0 unspecified atom stereocenters. The number of benzene rings is 1. The number of fused-ring (bicyclic) bond motifs is 2. The second kappa shape index (κ2) is 7.38. The number of hydrogen-bond acceptors (Lipinski definition) is 3. The topological polar surface area (TPSA) is 59.8 Å². The molecule has 0 fully saturated rings. The van der Waals surface area contributed by atoms with E-state index in [2.05, 4.69) is 43.3 Å². The number of pyridine rings is 1. The van der Waals surface area contributed by atoms with Crippen molar-refractivity contribution in [2.75, 3.05) is 5.32 Å². The van der Waals surface area contributed by atoms with Gasteiger partial charge in [-0.2, -0.15) is 5.10 Å². The smallest absolute Gasteiger partial charge is 0.224 e. The molecule has 1 aliphatic carbocycles. The molecule has 0 saturated heterocycles. The van der Waals surface area contributed by atoms with Crippen LogP contribution >= 0.6 is 0 Å². The summed E-state index contributed by atoms with van der Waals surface area (Å²) < 4.78 is 1.96. The number of nitrogens with zero attached hydrogens (tertiary/aromatic N) is 3. The van der Waals surface area contributed by atoms with Gasteiger partial charge in [0.2, 0.25) is 5.91 Å². The minimum Gasteiger partial charge on any atom is -0.326 e. The largest absolute Gasteiger partial charge is 0.326 e. The van der Waals surface area contributed by atoms with Gasteiger partial charge in [-0.25, -0.2) is 9.67 Å². The first-order valence-corrected chi connectivity index (χ1v) is 10.2. The number of nitrogens with one attached hydrogen (secondary N) is 1. The molecule has 0 saturated carbocycles. The predicted molar refractivity (Wildman–Crippen MR) is 113 cm³/mol. The lowest BCUT2D eigenvalue weighted by Gasteiger charge is -2.13. The van der Waals surface area contributed by atoms with Gasteiger partial charge in [-0.05, 0) is 87.8 Å². The maximum Gasteiger partial charge on any atom is 0.224 e. The molecule has 0 aliphatic heterocycles. The molecule has 0 radical (unpaired) electrons. The summed E-state index contributed by atoms with van der Waals surface area (Å²) >= 11 is 0. The Morgan fingerprint density at radius 3 is 2.79 bits per heavy atom. The zero-order valence-electron chi connectivity index (χ0n) is 17.2. The van der Waals surface area contributed by atoms with E-state index in [4.69, 9.17) is 4.98 Å². The van der Waals surface area contributed by atoms with E-state index >= 15 is 0 Å². The predicted octanol–water partition coefficient (Wildman–Crippen LogP) is 4.69. The van der Waals surface area contributed by atoms with Gasteiger partial charge in [0.15, 0.2) is 5.65 Å². The van der Waals surface area contributed by atoms with Gasteiger partial charge in [0.25, 0.3) is 0 Å². The summed E-state index contributed by atoms with van der Waals surface area (Å²) in [4.78, 5) is 17.3. The van der Waals surface area contributed by atoms with Crippen LogP contribution in [-0.4, -0.2) is 20.7 Å². The van der Waals surface area contributed by atoms with Crippen molar-refractivity contribution in [2.24, 2.45) is 0 Å². The first-order valence-electron chi connectivity index (χ1n) is 10.2. The van der Waals surface area contributed by atoms with E-state index in [-0.39, 0.29) is 11.9 Å². The highest BCUT2D eigenvalue weighted by Gasteiger charge is 2.16. The number of amides is 1. The fraction of sp³-hybridized carbons (Fsp3) is 0.435. The summed E-state index contributed by atoms with van der Waals surface area (Å²) in [6.45, 7) is 8.35. The van der Waals surface area contributed by atoms with Crippen molar-refractivity contribution in [1.29, 1.82) is 0 Å². The van der Waals surface area contributed by atoms with Gasteiger partial charge in [-0.15, -0.1) is 0 Å². The van der Waals surface area contributed by atoms with Crippen molar-refractivity contribution in [2.45, 2.75) is 65.8 Å². The average Bonchev–Trinajstić information content (AvgIpc) is 3.27. The standard InChI is InChI=1S/C23H28N4O/c1-14(2)27-23-21(13-24-27)15(3)20(16(4)25-23)10-11-22(28)26-19-9-8-17-6-5-7-18(17)12-19/h8-9,12-14H,5-7,10-11H2,1-4H3,(H,26,28). The molecule has 146 valence electrons. The summed E-state index contributed by atoms with van der Waals surface area (Å²) in [6.07, 6.45) is 6.52. The number of aryl methyl sites for hydroxylation is 4. The van der Waals surface area contributed by atoms with Crippen molar-refractivity contribution in [3.05, 3.63) is 52.3 Å². The first kappa shape index (κ1) is 18.7. The van der Waals surface area contributed by atoms with Crippen LogP contribution < -0.4 is 5.32 Å². The Hall–Kier alpha value is -2.69. The maximum absolute atomic E-state index is 12.5. The Morgan fingerprint density at radius 1 is 1.21 bits per heavy atom. The molecule has 28 heavy (non-hydrogen) atoms. The Balaban J connectivity index is 1.48. The molecule has 2 aromatic heterocycles. The highest BCUT2D eigenvalue weighted by molar-refractivity contribution is 5.91. The molecule has 3 aromatic rings. The lowest BCUT2D eigenvalue weighted by Crippen LogP contribution is -2.13. The van der Waals surface area contributed by atoms with Crippen LogP contribution in [0.25, 0.3) is 11.0 Å². The second-order valence-electron chi connectivity index (χ2n) is 8.11. The van der Waals surface area contributed by atoms with Crippen LogP contribution in [0.2, 0.25) is 0 Å². The Kier molecular flexibility index (Phi) is 4.92. The minimum atomic E-state index is 0.0507. The molecule has 0 bridgehead atoms. The van der Waals surface area contributed by atoms with Crippen molar-refractivity contribution in [1.82, 2.24) is 14.8 Å². The molecule has 5 nitrogen and oxygen atoms in total. The van der Waals surface area contributed by atoms with Crippen LogP contribution in [0.3, 0.4) is 0 Å². The molecule has 0 spiro atoms. The van der Waals surface area contributed by atoms with Gasteiger partial charge < -0.3 is 5.32 Å². The zero-order valence-corrected chi connectivity index (χ0v) is 17.2. The molecule has 1 N–H and O–H groups in total. The van der Waals surface area contributed by atoms with Gasteiger partial charge in [0.05, 0.1) is 6.20 Å². The van der Waals surface area contributed by atoms with Gasteiger partial charge in [0.1, 0.15) is 0 Å². The number of carbonyl (C=O) groups excluding carboxylic acids is 1. The quantitative estimate of drug-likeness (QED) is 0.703. The molecular formula is C23H28N4O. The normalized spacial score (nSPS) is 13.3. The summed E-state index contributed by atoms with van der Waals surface area (Å²) in [7, 11) is 0. The SMILES string of the molecule is Cc1nc2c(cnn2C(C)C)c(C)c1CCC(=O)Nc1ccc2c(c1)CCC2. The number of rotatable bonds is 5. The Bertz CT molecular complexity index is 1050. The van der Waals surface area contributed by atoms with Crippen LogP contribution in [0.5, 0.6) is 0 Å². The molecule has 0 atom stereocenters. The van der Waals surface area contributed by atoms with Gasteiger partial charge in [-0.3, -0.25) is 4.79 Å². The first-order chi connectivity index (χ1) is 13.4. The van der Waals surface area contributed by atoms with E-state index in [1.807, 2.05) is 23.9 Å². The van der Waals surface area contributed by atoms with E-state index < -0.39 is 0 Å². The molecule has 4 rings (SSSR count). The average molecular weight is 377 g/mol. The van der Waals surface area contributed by atoms with Crippen LogP contribution in [0, 0.1) is 13.8 Å². The third-order valence-corrected chi connectivity index (χ3v) is 5.81. The minimum absolute atomic E-state index is 0.0507. The number of carbonyl (C=O) groups is 1. The van der Waals surface area contributed by atoms with E-state index in [1.54, 1.807) is 0 Å². The Labute approximate surface area is 166 Å². The van der Waals surface area contributed by atoms with Gasteiger partial charge in [0, 0.05) is 29.2 Å². The lowest BCUT2D eigenvalue weighted by molar-refractivity contribution is -0.116. The Morgan fingerprint density at radius 2 is 2.00 bits per heavy atom. The van der Waals surface area contributed by atoms with Crippen molar-refractivity contribution in [3.63, 3.8) is 0 Å². The fourth-order valence-electron chi connectivity index (χ4n) is 4.25. The fourth-order valence-corrected chi connectivity index (χ4v) is 4.25. The van der Waals surface area contributed by atoms with Gasteiger partial charge >= 0.3 is 0 Å². The summed E-state index contributed by atoms with van der Waals surface area (Å²) in [6, 6.07) is 6.57. The molecule has 2 heterocycles. The van der Waals surface area contributed by atoms with Crippen LogP contribution in [0.15, 0.2) is 24.4 Å². The van der Waals surface area contributed by atoms with E-state index in [9.17, 15) is 4.79 Å². The van der Waals surface area contributed by atoms with E-state index in [1.165, 1.54) is 23.1 Å². The summed E-state index contributed by atoms with van der Waals surface area (Å²) in [5.41, 5.74) is 7.95. The monoisotopic (exact) mass is 376 g/mol. The number of aromatic nitrogens is 3. The lowest BCUT2D eigenvalue weighted by atomic mass is 10.00. The summed E-state index contributed by atoms with van der Waals surface area (Å²) in [5, 5.41) is 8.63. The summed E-state index contributed by atoms with van der Waals surface area (Å²) in [5.74, 6) is 0.0507. The highest BCUT2D eigenvalue weighted by atomic mass is 16.1. The highest BCUT2D eigenvalue weighted by Crippen LogP contribution is 2.27. The van der Waals surface area contributed by atoms with Crippen LogP contribution in [-0.2, 0) is 24.1 Å². The number of hydrogen-bond donors (Lipinski definition) is 1. The van der Waals surface area contributed by atoms with Gasteiger partial charge in [-0.1, -0.05) is 6.07 Å². The molecular weight excluding hydrogens is 348 g/mol. The second-order valence-corrected chi connectivity index (χ2v) is 8.11. The molecule has 1 aromatic carbocycles. The van der Waals surface area contributed by atoms with Crippen LogP contribution in [0.4, 0.5) is 5.69 Å². The number of anilines is 1. The van der Waals surface area contributed by atoms with Crippen molar-refractivity contribution < 1.29 is 4.79 Å². The third kappa shape index (κ3) is 3.41. The van der Waals surface area contributed by atoms with Crippen molar-refractivity contribution in [3.8, 4) is 0 Å². The molecule has 5 heteroatoms. The third-order valence-electron chi connectivity index (χ3n) is 5.81. The van der Waals surface area contributed by atoms with E-state index in [0.29, 0.717) is 12.8 Å². The molecule has 1 aliphatic rings. The van der Waals surface area contributed by atoms with E-state index in [0.717, 1.165) is 40.8 Å². The zero-order chi connectivity index (χ0) is 19.8. The van der Waals surface area contributed by atoms with Crippen molar-refractivity contribution >= 4 is 22.6 Å². The maximum atomic E-state index is 12.5. The molecule has 1 amide bonds. The van der Waals surface area contributed by atoms with Crippen LogP contribution in [0.1, 0.15) is 60.7 Å².